The Morgan fingerprint density at radius 2 is 2.10 bits per heavy atom. The van der Waals surface area contributed by atoms with Crippen LogP contribution < -0.4 is 0 Å². The Balaban J connectivity index is 1.65. The maximum atomic E-state index is 11.8. The van der Waals surface area contributed by atoms with Crippen molar-refractivity contribution >= 4 is 5.78 Å². The molecule has 2 aromatic heterocycles. The van der Waals surface area contributed by atoms with Gasteiger partial charge in [0.05, 0.1) is 5.69 Å². The van der Waals surface area contributed by atoms with Gasteiger partial charge >= 0.3 is 0 Å². The molecular weight excluding hydrogens is 250 g/mol. The molecule has 0 fully saturated rings. The van der Waals surface area contributed by atoms with E-state index in [1.807, 2.05) is 13.0 Å². The molecule has 106 valence electrons. The summed E-state index contributed by atoms with van der Waals surface area (Å²) in [5.74, 6) is 0.309. The highest BCUT2D eigenvalue weighted by Gasteiger charge is 2.20. The summed E-state index contributed by atoms with van der Waals surface area (Å²) in [5.41, 5.74) is 4.47. The van der Waals surface area contributed by atoms with Gasteiger partial charge in [-0.1, -0.05) is 0 Å². The van der Waals surface area contributed by atoms with Crippen LogP contribution in [-0.4, -0.2) is 20.1 Å². The molecule has 0 spiro atoms. The van der Waals surface area contributed by atoms with Crippen molar-refractivity contribution in [1.82, 2.24) is 14.3 Å². The summed E-state index contributed by atoms with van der Waals surface area (Å²) in [6.07, 6.45) is 5.84. The van der Waals surface area contributed by atoms with E-state index < -0.39 is 0 Å². The van der Waals surface area contributed by atoms with Gasteiger partial charge in [0.2, 0.25) is 0 Å². The van der Waals surface area contributed by atoms with Crippen molar-refractivity contribution in [2.75, 3.05) is 0 Å². The Bertz CT molecular complexity index is 636. The topological polar surface area (TPSA) is 39.8 Å². The first-order valence-corrected chi connectivity index (χ1v) is 7.37. The lowest BCUT2D eigenvalue weighted by atomic mass is 9.97. The Kier molecular flexibility index (Phi) is 3.47. The average Bonchev–Trinajstić information content (AvgIpc) is 2.95. The van der Waals surface area contributed by atoms with Crippen LogP contribution in [0.5, 0.6) is 0 Å². The van der Waals surface area contributed by atoms with Gasteiger partial charge in [-0.05, 0) is 45.2 Å². The summed E-state index contributed by atoms with van der Waals surface area (Å²) >= 11 is 0. The number of Topliss-reactive ketones (excluding diaryl/α,β-unsaturated/α-hetero) is 1. The molecule has 0 saturated carbocycles. The van der Waals surface area contributed by atoms with E-state index in [2.05, 4.69) is 33.5 Å². The maximum absolute atomic E-state index is 11.8. The van der Waals surface area contributed by atoms with E-state index in [1.165, 1.54) is 11.4 Å². The first-order valence-electron chi connectivity index (χ1n) is 7.37. The third-order valence-corrected chi connectivity index (χ3v) is 4.07. The quantitative estimate of drug-likeness (QED) is 0.857. The zero-order chi connectivity index (χ0) is 14.1. The summed E-state index contributed by atoms with van der Waals surface area (Å²) < 4.78 is 4.31. The first-order chi connectivity index (χ1) is 9.65. The first kappa shape index (κ1) is 13.2. The molecule has 0 N–H and O–H groups in total. The zero-order valence-electron chi connectivity index (χ0n) is 12.2. The van der Waals surface area contributed by atoms with E-state index in [0.717, 1.165) is 43.6 Å². The normalized spacial score (nSPS) is 14.6. The molecule has 3 rings (SSSR count). The molecule has 0 aliphatic heterocycles. The largest absolute Gasteiger partial charge is 0.351 e. The standard InChI is InChI=1S/C16H21N3O/c1-12-11-13(2)19(17-12)9-4-8-18-10-7-14-15(18)5-3-6-16(14)20/h7,10-11H,3-6,8-9H2,1-2H3. The summed E-state index contributed by atoms with van der Waals surface area (Å²) in [5, 5.41) is 4.48. The highest BCUT2D eigenvalue weighted by atomic mass is 16.1. The second-order valence-corrected chi connectivity index (χ2v) is 5.65. The number of hydrogen-bond acceptors (Lipinski definition) is 2. The molecule has 0 amide bonds. The van der Waals surface area contributed by atoms with Gasteiger partial charge < -0.3 is 4.57 Å². The summed E-state index contributed by atoms with van der Waals surface area (Å²) in [6.45, 7) is 6.01. The van der Waals surface area contributed by atoms with Crippen LogP contribution in [0.3, 0.4) is 0 Å². The second kappa shape index (κ2) is 5.27. The minimum absolute atomic E-state index is 0.309. The number of rotatable bonds is 4. The number of hydrogen-bond donors (Lipinski definition) is 0. The van der Waals surface area contributed by atoms with Gasteiger partial charge in [-0.25, -0.2) is 0 Å². The third-order valence-electron chi connectivity index (χ3n) is 4.07. The van der Waals surface area contributed by atoms with E-state index in [0.29, 0.717) is 12.2 Å². The molecule has 0 bridgehead atoms. The number of aromatic nitrogens is 3. The predicted molar refractivity (Wildman–Crippen MR) is 78.0 cm³/mol. The van der Waals surface area contributed by atoms with E-state index in [9.17, 15) is 4.79 Å². The van der Waals surface area contributed by atoms with Crippen molar-refractivity contribution in [3.8, 4) is 0 Å². The molecule has 2 heterocycles. The molecule has 4 nitrogen and oxygen atoms in total. The molecular formula is C16H21N3O. The van der Waals surface area contributed by atoms with E-state index in [1.54, 1.807) is 0 Å². The minimum atomic E-state index is 0.309. The number of carbonyl (C=O) groups is 1. The zero-order valence-corrected chi connectivity index (χ0v) is 12.2. The van der Waals surface area contributed by atoms with E-state index in [4.69, 9.17) is 0 Å². The van der Waals surface area contributed by atoms with Gasteiger partial charge in [0, 0.05) is 42.7 Å². The smallest absolute Gasteiger partial charge is 0.164 e. The predicted octanol–water partition coefficient (Wildman–Crippen LogP) is 2.91. The van der Waals surface area contributed by atoms with E-state index >= 15 is 0 Å². The number of ketones is 1. The molecule has 0 aromatic carbocycles. The average molecular weight is 271 g/mol. The van der Waals surface area contributed by atoms with Crippen molar-refractivity contribution in [2.45, 2.75) is 52.6 Å². The van der Waals surface area contributed by atoms with Gasteiger partial charge in [-0.2, -0.15) is 5.10 Å². The molecule has 1 aliphatic carbocycles. The number of nitrogens with zero attached hydrogens (tertiary/aromatic N) is 3. The Morgan fingerprint density at radius 1 is 1.25 bits per heavy atom. The Labute approximate surface area is 119 Å². The van der Waals surface area contributed by atoms with Gasteiger partial charge in [0.1, 0.15) is 0 Å². The lowest BCUT2D eigenvalue weighted by molar-refractivity contribution is 0.0971. The van der Waals surface area contributed by atoms with Crippen LogP contribution in [0, 0.1) is 13.8 Å². The lowest BCUT2D eigenvalue weighted by Crippen LogP contribution is -2.14. The molecule has 2 aromatic rings. The van der Waals surface area contributed by atoms with Gasteiger partial charge in [-0.15, -0.1) is 0 Å². The molecule has 4 heteroatoms. The molecule has 0 saturated heterocycles. The number of fused-ring (bicyclic) bond motifs is 1. The van der Waals surface area contributed by atoms with Crippen LogP contribution in [0.4, 0.5) is 0 Å². The van der Waals surface area contributed by atoms with Gasteiger partial charge in [0.15, 0.2) is 5.78 Å². The van der Waals surface area contributed by atoms with Gasteiger partial charge in [-0.3, -0.25) is 9.48 Å². The van der Waals surface area contributed by atoms with Crippen LogP contribution in [0.15, 0.2) is 18.3 Å². The third kappa shape index (κ3) is 2.42. The van der Waals surface area contributed by atoms with Crippen molar-refractivity contribution in [2.24, 2.45) is 0 Å². The fraction of sp³-hybridized carbons (Fsp3) is 0.500. The Morgan fingerprint density at radius 3 is 2.85 bits per heavy atom. The Hall–Kier alpha value is -1.84. The number of aryl methyl sites for hydroxylation is 4. The molecule has 1 aliphatic rings. The molecule has 0 radical (unpaired) electrons. The molecule has 20 heavy (non-hydrogen) atoms. The van der Waals surface area contributed by atoms with Crippen LogP contribution >= 0.6 is 0 Å². The van der Waals surface area contributed by atoms with Crippen LogP contribution in [0.2, 0.25) is 0 Å². The summed E-state index contributed by atoms with van der Waals surface area (Å²) in [7, 11) is 0. The van der Waals surface area contributed by atoms with Crippen molar-refractivity contribution in [3.05, 3.63) is 41.0 Å². The highest BCUT2D eigenvalue weighted by molar-refractivity contribution is 5.98. The fourth-order valence-corrected chi connectivity index (χ4v) is 3.09. The monoisotopic (exact) mass is 271 g/mol. The fourth-order valence-electron chi connectivity index (χ4n) is 3.09. The van der Waals surface area contributed by atoms with Crippen molar-refractivity contribution < 1.29 is 4.79 Å². The van der Waals surface area contributed by atoms with Crippen molar-refractivity contribution in [3.63, 3.8) is 0 Å². The van der Waals surface area contributed by atoms with Gasteiger partial charge in [0.25, 0.3) is 0 Å². The minimum Gasteiger partial charge on any atom is -0.351 e. The van der Waals surface area contributed by atoms with Crippen molar-refractivity contribution in [1.29, 1.82) is 0 Å². The number of carbonyl (C=O) groups excluding carboxylic acids is 1. The van der Waals surface area contributed by atoms with E-state index in [-0.39, 0.29) is 0 Å². The highest BCUT2D eigenvalue weighted by Crippen LogP contribution is 2.22. The lowest BCUT2D eigenvalue weighted by Gasteiger charge is -2.15. The second-order valence-electron chi connectivity index (χ2n) is 5.65. The summed E-state index contributed by atoms with van der Waals surface area (Å²) in [6, 6.07) is 4.09. The van der Waals surface area contributed by atoms with Crippen LogP contribution in [0.1, 0.15) is 46.7 Å². The molecule has 0 unspecified atom stereocenters. The molecule has 0 atom stereocenters. The maximum Gasteiger partial charge on any atom is 0.164 e. The van der Waals surface area contributed by atoms with Crippen LogP contribution in [0.25, 0.3) is 0 Å². The SMILES string of the molecule is Cc1cc(C)n(CCCn2ccc3c2CCCC3=O)n1. The van der Waals surface area contributed by atoms with Crippen LogP contribution in [-0.2, 0) is 19.5 Å². The summed E-state index contributed by atoms with van der Waals surface area (Å²) in [4.78, 5) is 11.8.